The topological polar surface area (TPSA) is 74.4 Å². The molecule has 0 bridgehead atoms. The van der Waals surface area contributed by atoms with Gasteiger partial charge < -0.3 is 9.47 Å². The van der Waals surface area contributed by atoms with E-state index < -0.39 is 0 Å². The highest BCUT2D eigenvalue weighted by atomic mass is 16.7. The second-order valence-electron chi connectivity index (χ2n) is 3.09. The summed E-state index contributed by atoms with van der Waals surface area (Å²) in [6.07, 6.45) is 3.04. The zero-order valence-electron chi connectivity index (χ0n) is 8.15. The van der Waals surface area contributed by atoms with Crippen molar-refractivity contribution in [2.45, 2.75) is 0 Å². The highest BCUT2D eigenvalue weighted by Crippen LogP contribution is 2.31. The Balaban J connectivity index is 1.85. The second kappa shape index (κ2) is 3.61. The quantitative estimate of drug-likeness (QED) is 0.675. The van der Waals surface area contributed by atoms with Crippen LogP contribution in [0.4, 0.5) is 0 Å². The standard InChI is InChI=1S/C9H7N5O2/c1-2-8-9(16-6-15-8)3-7(1)4-11-14-5-10-12-13-14/h1-5H,6H2. The van der Waals surface area contributed by atoms with Gasteiger partial charge in [0.1, 0.15) is 0 Å². The molecule has 80 valence electrons. The highest BCUT2D eigenvalue weighted by molar-refractivity contribution is 5.80. The van der Waals surface area contributed by atoms with E-state index in [0.29, 0.717) is 0 Å². The van der Waals surface area contributed by atoms with Gasteiger partial charge in [0.05, 0.1) is 6.21 Å². The lowest BCUT2D eigenvalue weighted by Gasteiger charge is -1.96. The van der Waals surface area contributed by atoms with Gasteiger partial charge in [-0.1, -0.05) is 0 Å². The number of nitrogens with zero attached hydrogens (tertiary/aromatic N) is 5. The van der Waals surface area contributed by atoms with Gasteiger partial charge in [-0.15, -0.1) is 9.89 Å². The lowest BCUT2D eigenvalue weighted by atomic mass is 10.2. The van der Waals surface area contributed by atoms with Gasteiger partial charge in [-0.25, -0.2) is 0 Å². The van der Waals surface area contributed by atoms with Gasteiger partial charge in [0.25, 0.3) is 0 Å². The number of benzene rings is 1. The Bertz CT molecular complexity index is 523. The van der Waals surface area contributed by atoms with Crippen molar-refractivity contribution in [3.63, 3.8) is 0 Å². The van der Waals surface area contributed by atoms with Gasteiger partial charge in [-0.3, -0.25) is 0 Å². The zero-order valence-corrected chi connectivity index (χ0v) is 8.15. The summed E-state index contributed by atoms with van der Waals surface area (Å²) >= 11 is 0. The fourth-order valence-corrected chi connectivity index (χ4v) is 1.33. The van der Waals surface area contributed by atoms with Crippen LogP contribution in [-0.4, -0.2) is 33.3 Å². The Hall–Kier alpha value is -2.44. The van der Waals surface area contributed by atoms with Gasteiger partial charge in [-0.05, 0) is 34.2 Å². The van der Waals surface area contributed by atoms with Crippen molar-refractivity contribution in [2.24, 2.45) is 5.10 Å². The minimum absolute atomic E-state index is 0.267. The summed E-state index contributed by atoms with van der Waals surface area (Å²) in [7, 11) is 0. The van der Waals surface area contributed by atoms with Crippen molar-refractivity contribution in [2.75, 3.05) is 6.79 Å². The van der Waals surface area contributed by atoms with Crippen LogP contribution in [-0.2, 0) is 0 Å². The predicted molar refractivity (Wildman–Crippen MR) is 53.4 cm³/mol. The Kier molecular flexibility index (Phi) is 1.99. The fraction of sp³-hybridized carbons (Fsp3) is 0.111. The molecule has 0 amide bonds. The summed E-state index contributed by atoms with van der Waals surface area (Å²) in [6.45, 7) is 0.267. The van der Waals surface area contributed by atoms with E-state index >= 15 is 0 Å². The minimum Gasteiger partial charge on any atom is -0.454 e. The maximum absolute atomic E-state index is 5.25. The van der Waals surface area contributed by atoms with E-state index in [1.165, 1.54) is 11.1 Å². The van der Waals surface area contributed by atoms with Crippen molar-refractivity contribution >= 4 is 6.21 Å². The molecule has 1 aromatic heterocycles. The molecule has 0 spiro atoms. The van der Waals surface area contributed by atoms with Crippen molar-refractivity contribution in [1.29, 1.82) is 0 Å². The van der Waals surface area contributed by atoms with Crippen molar-refractivity contribution < 1.29 is 9.47 Å². The SMILES string of the molecule is C(=Nn1cnnn1)c1ccc2c(c1)OCO2. The molecule has 1 aliphatic heterocycles. The molecule has 2 aromatic rings. The summed E-state index contributed by atoms with van der Waals surface area (Å²) in [4.78, 5) is 1.27. The number of fused-ring (bicyclic) bond motifs is 1. The first-order chi connectivity index (χ1) is 7.92. The minimum atomic E-state index is 0.267. The summed E-state index contributed by atoms with van der Waals surface area (Å²) in [6, 6.07) is 5.56. The normalized spacial score (nSPS) is 13.5. The van der Waals surface area contributed by atoms with Crippen molar-refractivity contribution in [1.82, 2.24) is 20.3 Å². The van der Waals surface area contributed by atoms with E-state index in [-0.39, 0.29) is 6.79 Å². The molecule has 0 atom stereocenters. The van der Waals surface area contributed by atoms with Crippen LogP contribution in [0, 0.1) is 0 Å². The first-order valence-electron chi connectivity index (χ1n) is 4.59. The number of rotatable bonds is 2. The van der Waals surface area contributed by atoms with E-state index in [0.717, 1.165) is 17.1 Å². The molecule has 7 heteroatoms. The highest BCUT2D eigenvalue weighted by Gasteiger charge is 2.12. The van der Waals surface area contributed by atoms with E-state index in [9.17, 15) is 0 Å². The molecule has 0 aliphatic carbocycles. The first kappa shape index (κ1) is 8.84. The van der Waals surface area contributed by atoms with Crippen LogP contribution in [0.15, 0.2) is 29.6 Å². The number of hydrogen-bond donors (Lipinski definition) is 0. The molecule has 1 aromatic carbocycles. The molecule has 0 saturated heterocycles. The molecule has 0 N–H and O–H groups in total. The number of ether oxygens (including phenoxy) is 2. The Labute approximate surface area is 90.3 Å². The Morgan fingerprint density at radius 3 is 3.12 bits per heavy atom. The number of aromatic nitrogens is 4. The predicted octanol–water partition coefficient (Wildman–Crippen LogP) is 0.284. The molecule has 0 fully saturated rings. The second-order valence-corrected chi connectivity index (χ2v) is 3.09. The van der Waals surface area contributed by atoms with Crippen LogP contribution >= 0.6 is 0 Å². The summed E-state index contributed by atoms with van der Waals surface area (Å²) in [5, 5.41) is 14.6. The summed E-state index contributed by atoms with van der Waals surface area (Å²) in [5.41, 5.74) is 0.889. The zero-order chi connectivity index (χ0) is 10.8. The van der Waals surface area contributed by atoms with Gasteiger partial charge in [0.2, 0.25) is 6.79 Å². The molecule has 0 radical (unpaired) electrons. The van der Waals surface area contributed by atoms with Crippen LogP contribution in [0.1, 0.15) is 5.56 Å². The molecule has 0 unspecified atom stereocenters. The van der Waals surface area contributed by atoms with E-state index in [1.54, 1.807) is 6.21 Å². The van der Waals surface area contributed by atoms with Gasteiger partial charge in [0, 0.05) is 0 Å². The lowest BCUT2D eigenvalue weighted by Crippen LogP contribution is -1.93. The largest absolute Gasteiger partial charge is 0.454 e. The molecular formula is C9H7N5O2. The molecule has 2 heterocycles. The van der Waals surface area contributed by atoms with Gasteiger partial charge >= 0.3 is 0 Å². The summed E-state index contributed by atoms with van der Waals surface area (Å²) in [5.74, 6) is 1.47. The maximum Gasteiger partial charge on any atom is 0.231 e. The molecular weight excluding hydrogens is 210 g/mol. The van der Waals surface area contributed by atoms with Crippen LogP contribution in [0.3, 0.4) is 0 Å². The lowest BCUT2D eigenvalue weighted by molar-refractivity contribution is 0.174. The van der Waals surface area contributed by atoms with Crippen LogP contribution in [0.2, 0.25) is 0 Å². The Morgan fingerprint density at radius 2 is 2.25 bits per heavy atom. The number of tetrazole rings is 1. The fourth-order valence-electron chi connectivity index (χ4n) is 1.33. The van der Waals surface area contributed by atoms with Gasteiger partial charge in [0.15, 0.2) is 17.8 Å². The third-order valence-electron chi connectivity index (χ3n) is 2.06. The molecule has 7 nitrogen and oxygen atoms in total. The number of hydrogen-bond acceptors (Lipinski definition) is 6. The van der Waals surface area contributed by atoms with Crippen LogP contribution in [0.5, 0.6) is 11.5 Å². The van der Waals surface area contributed by atoms with Crippen LogP contribution < -0.4 is 9.47 Å². The van der Waals surface area contributed by atoms with Gasteiger partial charge in [-0.2, -0.15) is 5.10 Å². The Morgan fingerprint density at radius 1 is 1.31 bits per heavy atom. The third kappa shape index (κ3) is 1.58. The maximum atomic E-state index is 5.25. The molecule has 0 saturated carbocycles. The first-order valence-corrected chi connectivity index (χ1v) is 4.59. The van der Waals surface area contributed by atoms with E-state index in [1.807, 2.05) is 18.2 Å². The van der Waals surface area contributed by atoms with Crippen molar-refractivity contribution in [3.8, 4) is 11.5 Å². The molecule has 3 rings (SSSR count). The van der Waals surface area contributed by atoms with Crippen LogP contribution in [0.25, 0.3) is 0 Å². The van der Waals surface area contributed by atoms with E-state index in [2.05, 4.69) is 20.6 Å². The molecule has 16 heavy (non-hydrogen) atoms. The molecule has 1 aliphatic rings. The average Bonchev–Trinajstić information content (AvgIpc) is 2.97. The smallest absolute Gasteiger partial charge is 0.231 e. The van der Waals surface area contributed by atoms with Crippen molar-refractivity contribution in [3.05, 3.63) is 30.1 Å². The third-order valence-corrected chi connectivity index (χ3v) is 2.06. The monoisotopic (exact) mass is 217 g/mol. The van der Waals surface area contributed by atoms with E-state index in [4.69, 9.17) is 9.47 Å². The average molecular weight is 217 g/mol. The summed E-state index contributed by atoms with van der Waals surface area (Å²) < 4.78 is 10.4.